The van der Waals surface area contributed by atoms with E-state index in [1.54, 1.807) is 0 Å². The summed E-state index contributed by atoms with van der Waals surface area (Å²) in [6.07, 6.45) is -1.81. The summed E-state index contributed by atoms with van der Waals surface area (Å²) in [5.74, 6) is 0.190. The van der Waals surface area contributed by atoms with Crippen molar-refractivity contribution in [1.29, 1.82) is 0 Å². The molecule has 0 aliphatic carbocycles. The number of amidine groups is 1. The Bertz CT molecular complexity index is 562. The van der Waals surface area contributed by atoms with Crippen LogP contribution in [0.25, 0.3) is 0 Å². The number of aliphatic imine (C=N–C) groups is 3. The minimum Gasteiger partial charge on any atom is -0.394 e. The Balaban J connectivity index is 1.91. The van der Waals surface area contributed by atoms with E-state index < -0.39 is 30.6 Å². The number of carbonyl (C=O) groups is 1. The maximum Gasteiger partial charge on any atom is 0.259 e. The van der Waals surface area contributed by atoms with Crippen molar-refractivity contribution in [1.82, 2.24) is 10.2 Å². The summed E-state index contributed by atoms with van der Waals surface area (Å²) in [6, 6.07) is -0.781. The Hall–Kier alpha value is -1.88. The van der Waals surface area contributed by atoms with Crippen LogP contribution in [0, 0.1) is 0 Å². The highest BCUT2D eigenvalue weighted by molar-refractivity contribution is 6.23. The van der Waals surface area contributed by atoms with Crippen molar-refractivity contribution in [2.75, 3.05) is 20.8 Å². The fourth-order valence-electron chi connectivity index (χ4n) is 2.67. The average molecular weight is 311 g/mol. The number of amides is 1. The Kier molecular flexibility index (Phi) is 3.91. The Labute approximate surface area is 126 Å². The molecule has 3 aliphatic heterocycles. The molecule has 22 heavy (non-hydrogen) atoms. The fourth-order valence-corrected chi connectivity index (χ4v) is 2.67. The van der Waals surface area contributed by atoms with E-state index in [0.717, 1.165) is 0 Å². The third-order valence-electron chi connectivity index (χ3n) is 3.80. The monoisotopic (exact) mass is 311 g/mol. The second kappa shape index (κ2) is 5.72. The van der Waals surface area contributed by atoms with Crippen molar-refractivity contribution in [3.8, 4) is 0 Å². The van der Waals surface area contributed by atoms with E-state index in [2.05, 4.69) is 20.3 Å². The number of aliphatic hydroxyl groups is 2. The molecular weight excluding hydrogens is 294 g/mol. The smallest absolute Gasteiger partial charge is 0.259 e. The number of fused-ring (bicyclic) bond motifs is 1. The highest BCUT2D eigenvalue weighted by Crippen LogP contribution is 2.28. The predicted molar refractivity (Wildman–Crippen MR) is 75.6 cm³/mol. The van der Waals surface area contributed by atoms with Gasteiger partial charge >= 0.3 is 0 Å². The second-order valence-electron chi connectivity index (χ2n) is 5.02. The topological polar surface area (TPSA) is 128 Å². The van der Waals surface area contributed by atoms with Gasteiger partial charge in [-0.2, -0.15) is 4.99 Å². The van der Waals surface area contributed by atoms with Gasteiger partial charge in [0, 0.05) is 14.2 Å². The molecule has 1 amide bonds. The lowest BCUT2D eigenvalue weighted by atomic mass is 10.1. The van der Waals surface area contributed by atoms with Crippen molar-refractivity contribution in [3.05, 3.63) is 0 Å². The van der Waals surface area contributed by atoms with Gasteiger partial charge in [0.15, 0.2) is 18.1 Å². The molecule has 10 heteroatoms. The summed E-state index contributed by atoms with van der Waals surface area (Å²) >= 11 is 0. The molecule has 5 atom stereocenters. The quantitative estimate of drug-likeness (QED) is 0.520. The lowest BCUT2D eigenvalue weighted by Gasteiger charge is -2.29. The molecule has 1 unspecified atom stereocenters. The minimum atomic E-state index is -0.996. The maximum atomic E-state index is 12.0. The van der Waals surface area contributed by atoms with E-state index in [4.69, 9.17) is 9.47 Å². The number of carbonyl (C=O) groups excluding carboxylic acids is 1. The molecule has 3 aliphatic rings. The molecule has 10 nitrogen and oxygen atoms in total. The lowest BCUT2D eigenvalue weighted by Crippen LogP contribution is -2.53. The zero-order valence-electron chi connectivity index (χ0n) is 12.1. The first kappa shape index (κ1) is 15.0. The molecule has 1 saturated heterocycles. The van der Waals surface area contributed by atoms with Crippen molar-refractivity contribution < 1.29 is 24.5 Å². The SMILES string of the molecule is CN=C1N=C2C(N=CN2[C@@H]2O[C@H](CO)[C@@H](O)[C@H]2OC)C(=O)N1. The minimum absolute atomic E-state index is 0.179. The van der Waals surface area contributed by atoms with E-state index >= 15 is 0 Å². The van der Waals surface area contributed by atoms with Crippen LogP contribution in [0.5, 0.6) is 0 Å². The van der Waals surface area contributed by atoms with Crippen LogP contribution in [0.3, 0.4) is 0 Å². The van der Waals surface area contributed by atoms with Gasteiger partial charge in [-0.3, -0.25) is 25.0 Å². The molecule has 0 aromatic rings. The van der Waals surface area contributed by atoms with Crippen LogP contribution in [0.2, 0.25) is 0 Å². The number of aliphatic hydroxyl groups excluding tert-OH is 2. The number of methoxy groups -OCH3 is 1. The van der Waals surface area contributed by atoms with Crippen LogP contribution in [-0.4, -0.2) is 90.5 Å². The van der Waals surface area contributed by atoms with E-state index in [0.29, 0.717) is 5.84 Å². The zero-order chi connectivity index (χ0) is 15.9. The second-order valence-corrected chi connectivity index (χ2v) is 5.02. The molecule has 0 bridgehead atoms. The summed E-state index contributed by atoms with van der Waals surface area (Å²) in [7, 11) is 2.94. The third kappa shape index (κ3) is 2.20. The van der Waals surface area contributed by atoms with Crippen LogP contribution in [0.4, 0.5) is 0 Å². The normalized spacial score (nSPS) is 39.2. The molecule has 3 heterocycles. The van der Waals surface area contributed by atoms with Crippen LogP contribution in [0.15, 0.2) is 15.0 Å². The molecule has 0 spiro atoms. The van der Waals surface area contributed by atoms with Gasteiger partial charge in [0.25, 0.3) is 5.91 Å². The van der Waals surface area contributed by atoms with Gasteiger partial charge in [0.05, 0.1) is 12.9 Å². The molecule has 0 radical (unpaired) electrons. The summed E-state index contributed by atoms with van der Waals surface area (Å²) in [4.78, 5) is 25.7. The van der Waals surface area contributed by atoms with Crippen LogP contribution < -0.4 is 5.32 Å². The number of nitrogens with one attached hydrogen (secondary N) is 1. The van der Waals surface area contributed by atoms with Gasteiger partial charge in [0.2, 0.25) is 5.96 Å². The average Bonchev–Trinajstić information content (AvgIpc) is 3.07. The Morgan fingerprint density at radius 3 is 3.00 bits per heavy atom. The summed E-state index contributed by atoms with van der Waals surface area (Å²) in [6.45, 7) is -0.347. The Morgan fingerprint density at radius 2 is 2.36 bits per heavy atom. The predicted octanol–water partition coefficient (Wildman–Crippen LogP) is -2.69. The van der Waals surface area contributed by atoms with Crippen molar-refractivity contribution in [3.63, 3.8) is 0 Å². The molecule has 0 saturated carbocycles. The highest BCUT2D eigenvalue weighted by Gasteiger charge is 2.50. The number of ether oxygens (including phenoxy) is 2. The van der Waals surface area contributed by atoms with Gasteiger partial charge in [-0.25, -0.2) is 0 Å². The summed E-state index contributed by atoms with van der Waals surface area (Å²) < 4.78 is 10.9. The van der Waals surface area contributed by atoms with Crippen LogP contribution in [-0.2, 0) is 14.3 Å². The number of rotatable bonds is 3. The largest absolute Gasteiger partial charge is 0.394 e. The first-order chi connectivity index (χ1) is 10.6. The van der Waals surface area contributed by atoms with E-state index in [1.807, 2.05) is 0 Å². The van der Waals surface area contributed by atoms with E-state index in [1.165, 1.54) is 25.4 Å². The number of hydrogen-bond acceptors (Lipinski definition) is 8. The molecule has 0 aromatic heterocycles. The summed E-state index contributed by atoms with van der Waals surface area (Å²) in [5.41, 5.74) is 0. The number of hydrogen-bond donors (Lipinski definition) is 3. The van der Waals surface area contributed by atoms with Gasteiger partial charge < -0.3 is 19.7 Å². The standard InChI is InChI=1S/C12H17N5O5/c1-13-12-15-9-6(10(20)16-12)14-4-17(9)11-8(21-2)7(19)5(3-18)22-11/h4-8,11,18-19H,3H2,1-2H3,(H,13,16,20)/t5-,6?,7-,8-,11-/m1/s1. The van der Waals surface area contributed by atoms with Crippen LogP contribution in [0.1, 0.15) is 0 Å². The van der Waals surface area contributed by atoms with Crippen LogP contribution >= 0.6 is 0 Å². The molecule has 1 fully saturated rings. The van der Waals surface area contributed by atoms with Gasteiger partial charge in [-0.15, -0.1) is 0 Å². The third-order valence-corrected chi connectivity index (χ3v) is 3.80. The van der Waals surface area contributed by atoms with Crippen molar-refractivity contribution in [2.24, 2.45) is 15.0 Å². The van der Waals surface area contributed by atoms with Gasteiger partial charge in [-0.05, 0) is 0 Å². The zero-order valence-corrected chi connectivity index (χ0v) is 12.1. The fraction of sp³-hybridized carbons (Fsp3) is 0.667. The van der Waals surface area contributed by atoms with E-state index in [9.17, 15) is 15.0 Å². The van der Waals surface area contributed by atoms with Gasteiger partial charge in [0.1, 0.15) is 18.3 Å². The van der Waals surface area contributed by atoms with Gasteiger partial charge in [-0.1, -0.05) is 0 Å². The van der Waals surface area contributed by atoms with E-state index in [-0.39, 0.29) is 18.5 Å². The maximum absolute atomic E-state index is 12.0. The van der Waals surface area contributed by atoms with Crippen molar-refractivity contribution >= 4 is 24.0 Å². The molecule has 120 valence electrons. The summed E-state index contributed by atoms with van der Waals surface area (Å²) in [5, 5.41) is 21.9. The molecule has 0 aromatic carbocycles. The Morgan fingerprint density at radius 1 is 1.59 bits per heavy atom. The first-order valence-electron chi connectivity index (χ1n) is 6.75. The molecule has 3 rings (SSSR count). The highest BCUT2D eigenvalue weighted by atomic mass is 16.6. The van der Waals surface area contributed by atoms with Crippen molar-refractivity contribution in [2.45, 2.75) is 30.6 Å². The molecule has 3 N–H and O–H groups in total. The first-order valence-corrected chi connectivity index (χ1v) is 6.75. The lowest BCUT2D eigenvalue weighted by molar-refractivity contribution is -0.119. The number of nitrogens with zero attached hydrogens (tertiary/aromatic N) is 4. The molecular formula is C12H17N5O5. The number of guanidine groups is 1.